The van der Waals surface area contributed by atoms with E-state index in [9.17, 15) is 0 Å². The lowest BCUT2D eigenvalue weighted by atomic mass is 10.2. The minimum absolute atomic E-state index is 0. The molecule has 0 radical (unpaired) electrons. The van der Waals surface area contributed by atoms with Crippen molar-refractivity contribution in [2.45, 2.75) is 25.8 Å². The molecule has 1 unspecified atom stereocenters. The van der Waals surface area contributed by atoms with Crippen molar-refractivity contribution in [3.63, 3.8) is 0 Å². The van der Waals surface area contributed by atoms with E-state index in [4.69, 9.17) is 20.9 Å². The van der Waals surface area contributed by atoms with E-state index in [2.05, 4.69) is 38.3 Å². The first-order valence-electron chi connectivity index (χ1n) is 6.65. The summed E-state index contributed by atoms with van der Waals surface area (Å²) in [5.41, 5.74) is 0. The number of hydrogen-bond acceptors (Lipinski definition) is 5. The van der Waals surface area contributed by atoms with Gasteiger partial charge in [0, 0.05) is 17.5 Å². The van der Waals surface area contributed by atoms with Crippen LogP contribution < -0.4 is 10.1 Å². The minimum Gasteiger partial charge on any atom is -0.492 e. The average molecular weight is 411 g/mol. The Morgan fingerprint density at radius 3 is 2.91 bits per heavy atom. The molecule has 0 aliphatic carbocycles. The van der Waals surface area contributed by atoms with Gasteiger partial charge in [0.05, 0.1) is 17.5 Å². The van der Waals surface area contributed by atoms with E-state index in [-0.39, 0.29) is 12.4 Å². The Balaban J connectivity index is 0.00000242. The van der Waals surface area contributed by atoms with Crippen LogP contribution >= 0.6 is 39.9 Å². The summed E-state index contributed by atoms with van der Waals surface area (Å²) in [7, 11) is 1.91. The van der Waals surface area contributed by atoms with E-state index in [1.165, 1.54) is 0 Å². The van der Waals surface area contributed by atoms with Crippen LogP contribution in [-0.2, 0) is 12.8 Å². The van der Waals surface area contributed by atoms with E-state index >= 15 is 0 Å². The summed E-state index contributed by atoms with van der Waals surface area (Å²) in [5.74, 6) is 2.03. The first-order valence-corrected chi connectivity index (χ1v) is 7.82. The van der Waals surface area contributed by atoms with E-state index in [1.54, 1.807) is 12.1 Å². The number of ether oxygens (including phenoxy) is 1. The lowest BCUT2D eigenvalue weighted by Crippen LogP contribution is -2.24. The summed E-state index contributed by atoms with van der Waals surface area (Å²) >= 11 is 9.28. The highest BCUT2D eigenvalue weighted by molar-refractivity contribution is 9.10. The van der Waals surface area contributed by atoms with Crippen molar-refractivity contribution in [1.82, 2.24) is 15.5 Å². The van der Waals surface area contributed by atoms with Gasteiger partial charge in [0.2, 0.25) is 5.89 Å². The fourth-order valence-corrected chi connectivity index (χ4v) is 2.49. The van der Waals surface area contributed by atoms with Crippen LogP contribution in [0.25, 0.3) is 0 Å². The van der Waals surface area contributed by atoms with Gasteiger partial charge in [-0.15, -0.1) is 12.4 Å². The van der Waals surface area contributed by atoms with Crippen LogP contribution in [0.2, 0.25) is 5.02 Å². The Kier molecular flexibility index (Phi) is 8.17. The van der Waals surface area contributed by atoms with E-state index in [0.717, 1.165) is 16.6 Å². The van der Waals surface area contributed by atoms with Crippen molar-refractivity contribution in [3.8, 4) is 5.75 Å². The molecule has 2 rings (SSSR count). The molecule has 0 saturated heterocycles. The van der Waals surface area contributed by atoms with E-state index in [0.29, 0.717) is 35.8 Å². The van der Waals surface area contributed by atoms with Crippen molar-refractivity contribution in [2.24, 2.45) is 0 Å². The number of benzene rings is 1. The maximum Gasteiger partial charge on any atom is 0.230 e. The van der Waals surface area contributed by atoms with Gasteiger partial charge in [-0.25, -0.2) is 0 Å². The van der Waals surface area contributed by atoms with Crippen LogP contribution in [-0.4, -0.2) is 29.8 Å². The third kappa shape index (κ3) is 5.76. The Morgan fingerprint density at radius 1 is 1.45 bits per heavy atom. The van der Waals surface area contributed by atoms with Gasteiger partial charge < -0.3 is 14.6 Å². The summed E-state index contributed by atoms with van der Waals surface area (Å²) < 4.78 is 11.7. The molecule has 0 aliphatic rings. The second-order valence-electron chi connectivity index (χ2n) is 4.67. The zero-order valence-corrected chi connectivity index (χ0v) is 15.5. The van der Waals surface area contributed by atoms with Crippen molar-refractivity contribution in [2.75, 3.05) is 13.7 Å². The standard InChI is InChI=1S/C14H17BrClN3O2.ClH/c1-9(17-2)7-13-18-14(21-19-13)5-6-20-12-4-3-10(16)8-11(12)15;/h3-4,8-9,17H,5-7H2,1-2H3;1H. The summed E-state index contributed by atoms with van der Waals surface area (Å²) in [5, 5.41) is 7.75. The summed E-state index contributed by atoms with van der Waals surface area (Å²) in [6.07, 6.45) is 1.31. The van der Waals surface area contributed by atoms with Crippen LogP contribution in [0.4, 0.5) is 0 Å². The molecule has 8 heteroatoms. The van der Waals surface area contributed by atoms with Gasteiger partial charge in [0.15, 0.2) is 5.82 Å². The number of likely N-dealkylation sites (N-methyl/N-ethyl adjacent to an activating group) is 1. The van der Waals surface area contributed by atoms with Gasteiger partial charge in [0.1, 0.15) is 5.75 Å². The van der Waals surface area contributed by atoms with Crippen molar-refractivity contribution in [3.05, 3.63) is 39.4 Å². The molecule has 1 N–H and O–H groups in total. The normalized spacial score (nSPS) is 11.8. The fraction of sp³-hybridized carbons (Fsp3) is 0.429. The van der Waals surface area contributed by atoms with Crippen molar-refractivity contribution < 1.29 is 9.26 Å². The maximum absolute atomic E-state index is 5.88. The van der Waals surface area contributed by atoms with Crippen LogP contribution in [0, 0.1) is 0 Å². The van der Waals surface area contributed by atoms with Crippen molar-refractivity contribution in [1.29, 1.82) is 0 Å². The van der Waals surface area contributed by atoms with Gasteiger partial charge in [0.25, 0.3) is 0 Å². The molecule has 1 aromatic heterocycles. The molecule has 0 saturated carbocycles. The molecule has 5 nitrogen and oxygen atoms in total. The Bertz CT molecular complexity index is 595. The topological polar surface area (TPSA) is 60.2 Å². The number of nitrogens with zero attached hydrogens (tertiary/aromatic N) is 2. The van der Waals surface area contributed by atoms with Crippen LogP contribution in [0.3, 0.4) is 0 Å². The molecular weight excluding hydrogens is 393 g/mol. The van der Waals surface area contributed by atoms with Gasteiger partial charge in [-0.2, -0.15) is 4.98 Å². The fourth-order valence-electron chi connectivity index (χ4n) is 1.69. The zero-order valence-electron chi connectivity index (χ0n) is 12.3. The molecule has 1 heterocycles. The first-order chi connectivity index (χ1) is 10.1. The molecule has 1 atom stereocenters. The highest BCUT2D eigenvalue weighted by Gasteiger charge is 2.10. The largest absolute Gasteiger partial charge is 0.492 e. The first kappa shape index (κ1) is 19.2. The quantitative estimate of drug-likeness (QED) is 0.754. The molecule has 1 aromatic carbocycles. The molecule has 0 aliphatic heterocycles. The SMILES string of the molecule is CNC(C)Cc1noc(CCOc2ccc(Cl)cc2Br)n1.Cl. The van der Waals surface area contributed by atoms with Crippen LogP contribution in [0.1, 0.15) is 18.6 Å². The number of rotatable bonds is 7. The lowest BCUT2D eigenvalue weighted by molar-refractivity contribution is 0.290. The maximum atomic E-state index is 5.88. The second kappa shape index (κ2) is 9.35. The number of nitrogens with one attached hydrogen (secondary N) is 1. The van der Waals surface area contributed by atoms with Crippen LogP contribution in [0.15, 0.2) is 27.2 Å². The number of halogens is 3. The molecule has 0 fully saturated rings. The third-order valence-corrected chi connectivity index (χ3v) is 3.81. The van der Waals surface area contributed by atoms with Gasteiger partial charge >= 0.3 is 0 Å². The number of hydrogen-bond donors (Lipinski definition) is 1. The predicted octanol–water partition coefficient (Wildman–Crippen LogP) is 3.68. The van der Waals surface area contributed by atoms with E-state index < -0.39 is 0 Å². The minimum atomic E-state index is 0. The summed E-state index contributed by atoms with van der Waals surface area (Å²) in [4.78, 5) is 4.34. The molecule has 2 aromatic rings. The zero-order chi connectivity index (χ0) is 15.2. The Morgan fingerprint density at radius 2 is 2.23 bits per heavy atom. The molecule has 22 heavy (non-hydrogen) atoms. The monoisotopic (exact) mass is 409 g/mol. The predicted molar refractivity (Wildman–Crippen MR) is 92.1 cm³/mol. The second-order valence-corrected chi connectivity index (χ2v) is 5.96. The molecule has 0 spiro atoms. The summed E-state index contributed by atoms with van der Waals surface area (Å²) in [6, 6.07) is 5.71. The highest BCUT2D eigenvalue weighted by atomic mass is 79.9. The average Bonchev–Trinajstić information content (AvgIpc) is 2.88. The highest BCUT2D eigenvalue weighted by Crippen LogP contribution is 2.27. The molecule has 0 bridgehead atoms. The summed E-state index contributed by atoms with van der Waals surface area (Å²) in [6.45, 7) is 2.53. The van der Waals surface area contributed by atoms with E-state index in [1.807, 2.05) is 13.1 Å². The van der Waals surface area contributed by atoms with Gasteiger partial charge in [-0.3, -0.25) is 0 Å². The Hall–Kier alpha value is -0.820. The third-order valence-electron chi connectivity index (χ3n) is 2.96. The molecular formula is C14H18BrCl2N3O2. The Labute approximate surface area is 149 Å². The number of aromatic nitrogens is 2. The van der Waals surface area contributed by atoms with Gasteiger partial charge in [-0.1, -0.05) is 16.8 Å². The molecule has 122 valence electrons. The molecule has 0 amide bonds. The van der Waals surface area contributed by atoms with Crippen molar-refractivity contribution >= 4 is 39.9 Å². The smallest absolute Gasteiger partial charge is 0.230 e. The van der Waals surface area contributed by atoms with Crippen LogP contribution in [0.5, 0.6) is 5.75 Å². The van der Waals surface area contributed by atoms with Gasteiger partial charge in [-0.05, 0) is 48.1 Å². The lowest BCUT2D eigenvalue weighted by Gasteiger charge is -2.06.